The Labute approximate surface area is 629 Å². The van der Waals surface area contributed by atoms with Gasteiger partial charge in [-0.3, -0.25) is 18.9 Å². The fourth-order valence-corrected chi connectivity index (χ4v) is 16.8. The molecular formula is C84H103N7O14S2. The zero-order chi connectivity index (χ0) is 76.1. The third kappa shape index (κ3) is 19.7. The Kier molecular flexibility index (Phi) is 26.2. The number of rotatable bonds is 38. The summed E-state index contributed by atoms with van der Waals surface area (Å²) in [5.41, 5.74) is 20.0. The second-order valence-electron chi connectivity index (χ2n) is 30.0. The number of allylic oxidation sites excluding steroid dienone is 8. The third-order valence-corrected chi connectivity index (χ3v) is 22.3. The molecule has 0 fully saturated rings. The lowest BCUT2D eigenvalue weighted by atomic mass is 9.75. The van der Waals surface area contributed by atoms with Crippen LogP contribution in [0.4, 0.5) is 17.1 Å². The molecule has 107 heavy (non-hydrogen) atoms. The fraction of sp³-hybridized carbons (Fsp3) is 0.440. The molecule has 4 aliphatic rings. The SMILES string of the molecule is Cc1nn(-c2ccc(C(N)=O)c(NCCCOCCOCCOCCOCCOCCCNC(=O)c3ccc(C4=C(/C=C/C5=[N+](CCCCS(=O)(=O)[O-])c6ccc7ccccc7c6C5(C)C)CCC/C4=C\C=C4\N(CCCCS(=O)(=O)O)c5ccc6ccccc6c5C4(C)C)cc3)c2)c2c1C(=O)CC(C)(C)C2. The normalized spacial score (nSPS) is 16.9. The van der Waals surface area contributed by atoms with Crippen molar-refractivity contribution in [2.24, 2.45) is 11.1 Å². The lowest BCUT2D eigenvalue weighted by Gasteiger charge is -2.29. The topological polar surface area (TPSA) is 283 Å². The van der Waals surface area contributed by atoms with Crippen molar-refractivity contribution in [3.8, 4) is 5.69 Å². The number of anilines is 2. The van der Waals surface area contributed by atoms with Gasteiger partial charge in [-0.25, -0.2) is 13.1 Å². The summed E-state index contributed by atoms with van der Waals surface area (Å²) < 4.78 is 101. The number of benzene rings is 6. The van der Waals surface area contributed by atoms with Crippen LogP contribution < -0.4 is 21.3 Å². The maximum atomic E-state index is 13.8. The molecule has 5 N–H and O–H groups in total. The number of aromatic nitrogens is 2. The van der Waals surface area contributed by atoms with E-state index in [0.29, 0.717) is 165 Å². The summed E-state index contributed by atoms with van der Waals surface area (Å²) in [6, 6.07) is 38.5. The number of amides is 2. The molecule has 11 rings (SSSR count). The van der Waals surface area contributed by atoms with Gasteiger partial charge in [0.25, 0.3) is 21.9 Å². The average Bonchev–Trinajstić information content (AvgIpc) is 1.59. The number of carbonyl (C=O) groups excluding carboxylic acids is 3. The molecule has 3 heterocycles. The molecule has 23 heteroatoms. The summed E-state index contributed by atoms with van der Waals surface area (Å²) in [4.78, 5) is 41.4. The molecule has 7 aromatic rings. The highest BCUT2D eigenvalue weighted by Crippen LogP contribution is 2.52. The molecule has 2 amide bonds. The van der Waals surface area contributed by atoms with Crippen LogP contribution in [0.3, 0.4) is 0 Å². The standard InChI is InChI=1S/C84H103N7O14S2/c1-58-76-72(56-82(2,3)57-73(76)92)91(88-58)65-33-34-68(80(85)93)69(55-65)86-39-17-43-101-45-47-103-49-51-105-52-50-104-48-46-102-44-18-40-87-81(94)64-27-25-63(26-28-64)77-61(31-37-74-83(4,5)78-66-23-10-8-19-59(66)29-35-70(78)89(74)41-12-14-53-106(95,96)97)21-16-22-62(77)32-38-75-84(6,7)79-67-24-11-9-20-60(67)30-36-71(79)90(75)42-13-15-54-107(98,99)100/h8-11,19-20,23-38,55H,12-18,21-22,39-54,56-57H2,1-7H3,(H5-,85,86,87,93,94,95,96,97,98,99,100). The van der Waals surface area contributed by atoms with Gasteiger partial charge >= 0.3 is 0 Å². The molecule has 2 aliphatic carbocycles. The smallest absolute Gasteiger partial charge is 0.264 e. The summed E-state index contributed by atoms with van der Waals surface area (Å²) in [6.45, 7) is 21.2. The van der Waals surface area contributed by atoms with E-state index in [2.05, 4.69) is 147 Å². The predicted octanol–water partition coefficient (Wildman–Crippen LogP) is 13.6. The maximum Gasteiger partial charge on any atom is 0.264 e. The van der Waals surface area contributed by atoms with Gasteiger partial charge in [0, 0.05) is 97.2 Å². The number of ketones is 1. The number of nitrogens with one attached hydrogen (secondary N) is 2. The van der Waals surface area contributed by atoms with Crippen molar-refractivity contribution < 1.29 is 68.6 Å². The third-order valence-electron chi connectivity index (χ3n) is 20.7. The molecule has 0 saturated carbocycles. The predicted molar refractivity (Wildman–Crippen MR) is 420 cm³/mol. The van der Waals surface area contributed by atoms with Crippen molar-refractivity contribution in [1.29, 1.82) is 0 Å². The van der Waals surface area contributed by atoms with Gasteiger partial charge in [-0.05, 0) is 182 Å². The summed E-state index contributed by atoms with van der Waals surface area (Å²) in [6.07, 6.45) is 15.4. The highest BCUT2D eigenvalue weighted by atomic mass is 32.2. The number of unbranched alkanes of at least 4 members (excludes halogenated alkanes) is 2. The van der Waals surface area contributed by atoms with E-state index in [1.165, 1.54) is 11.1 Å². The van der Waals surface area contributed by atoms with E-state index in [4.69, 9.17) is 34.5 Å². The molecule has 1 aromatic heterocycles. The Bertz CT molecular complexity index is 4820. The number of primary amides is 1. The molecule has 0 unspecified atom stereocenters. The van der Waals surface area contributed by atoms with Crippen LogP contribution in [0.2, 0.25) is 0 Å². The Balaban J connectivity index is 0.661. The molecular weight excluding hydrogens is 1400 g/mol. The number of hydrogen-bond acceptors (Lipinski definition) is 16. The van der Waals surface area contributed by atoms with Crippen molar-refractivity contribution in [1.82, 2.24) is 15.1 Å². The van der Waals surface area contributed by atoms with Crippen molar-refractivity contribution in [3.63, 3.8) is 0 Å². The quantitative estimate of drug-likeness (QED) is 0.0159. The van der Waals surface area contributed by atoms with Gasteiger partial charge in [0.05, 0.1) is 102 Å². The van der Waals surface area contributed by atoms with Gasteiger partial charge in [-0.15, -0.1) is 0 Å². The monoisotopic (exact) mass is 1500 g/mol. The fourth-order valence-electron chi connectivity index (χ4n) is 15.7. The zero-order valence-electron chi connectivity index (χ0n) is 62.8. The Morgan fingerprint density at radius 2 is 1.29 bits per heavy atom. The van der Waals surface area contributed by atoms with Gasteiger partial charge in [-0.2, -0.15) is 18.1 Å². The Hall–Kier alpha value is -8.49. The van der Waals surface area contributed by atoms with E-state index in [1.54, 1.807) is 12.1 Å². The number of aryl methyl sites for hydroxylation is 1. The second kappa shape index (κ2) is 35.3. The minimum absolute atomic E-state index is 0.101. The first-order valence-electron chi connectivity index (χ1n) is 37.5. The lowest BCUT2D eigenvalue weighted by molar-refractivity contribution is -0.438. The minimum Gasteiger partial charge on any atom is -0.748 e. The van der Waals surface area contributed by atoms with Crippen LogP contribution in [0.25, 0.3) is 32.8 Å². The largest absolute Gasteiger partial charge is 0.748 e. The van der Waals surface area contributed by atoms with Gasteiger partial charge in [0.1, 0.15) is 6.54 Å². The first kappa shape index (κ1) is 79.5. The molecule has 0 atom stereocenters. The summed E-state index contributed by atoms with van der Waals surface area (Å²) in [5, 5.41) is 15.7. The van der Waals surface area contributed by atoms with E-state index in [-0.39, 0.29) is 29.3 Å². The number of Topliss-reactive ketones (excluding diaryl/α,β-unsaturated/α-hetero) is 1. The van der Waals surface area contributed by atoms with E-state index in [0.717, 1.165) is 97.3 Å². The van der Waals surface area contributed by atoms with E-state index in [1.807, 2.05) is 54.1 Å². The molecule has 0 radical (unpaired) electrons. The van der Waals surface area contributed by atoms with Crippen LogP contribution in [0.1, 0.15) is 165 Å². The molecule has 0 spiro atoms. The first-order chi connectivity index (χ1) is 51.2. The van der Waals surface area contributed by atoms with E-state index in [9.17, 15) is 40.3 Å². The minimum atomic E-state index is -4.38. The van der Waals surface area contributed by atoms with E-state index < -0.39 is 42.7 Å². The molecule has 6 aromatic carbocycles. The molecule has 0 bridgehead atoms. The van der Waals surface area contributed by atoms with Crippen LogP contribution in [-0.4, -0.2) is 167 Å². The van der Waals surface area contributed by atoms with Crippen LogP contribution in [0.5, 0.6) is 0 Å². The molecule has 0 saturated heterocycles. The highest BCUT2D eigenvalue weighted by molar-refractivity contribution is 7.85. The van der Waals surface area contributed by atoms with Crippen LogP contribution >= 0.6 is 0 Å². The van der Waals surface area contributed by atoms with Crippen molar-refractivity contribution in [2.75, 3.05) is 114 Å². The van der Waals surface area contributed by atoms with Gasteiger partial charge in [-0.1, -0.05) is 107 Å². The highest BCUT2D eigenvalue weighted by Gasteiger charge is 2.46. The average molecular weight is 1500 g/mol. The van der Waals surface area contributed by atoms with Gasteiger partial charge in [0.15, 0.2) is 11.5 Å². The van der Waals surface area contributed by atoms with Crippen molar-refractivity contribution in [3.05, 3.63) is 201 Å². The summed E-state index contributed by atoms with van der Waals surface area (Å²) in [5.74, 6) is -1.38. The van der Waals surface area contributed by atoms with Crippen molar-refractivity contribution in [2.45, 2.75) is 130 Å². The van der Waals surface area contributed by atoms with Crippen LogP contribution in [0.15, 0.2) is 156 Å². The number of nitrogens with two attached hydrogens (primary N) is 1. The zero-order valence-corrected chi connectivity index (χ0v) is 64.4. The summed E-state index contributed by atoms with van der Waals surface area (Å²) in [7, 11) is -8.51. The van der Waals surface area contributed by atoms with Gasteiger partial charge in [0.2, 0.25) is 5.69 Å². The second-order valence-corrected chi connectivity index (χ2v) is 33.1. The number of fused-ring (bicyclic) bond motifs is 7. The number of hydrogen-bond donors (Lipinski definition) is 4. The van der Waals surface area contributed by atoms with Crippen molar-refractivity contribution >= 4 is 87.7 Å². The number of carbonyl (C=O) groups is 3. The molecule has 570 valence electrons. The lowest BCUT2D eigenvalue weighted by Crippen LogP contribution is -2.28. The van der Waals surface area contributed by atoms with Crippen LogP contribution in [-0.2, 0) is 61.2 Å². The Morgan fingerprint density at radius 1 is 0.673 bits per heavy atom. The number of ether oxygens (including phenoxy) is 5. The Morgan fingerprint density at radius 3 is 1.93 bits per heavy atom. The summed E-state index contributed by atoms with van der Waals surface area (Å²) >= 11 is 0. The maximum absolute atomic E-state index is 13.8. The van der Waals surface area contributed by atoms with Crippen LogP contribution in [0, 0.1) is 12.3 Å². The first-order valence-corrected chi connectivity index (χ1v) is 40.7. The van der Waals surface area contributed by atoms with E-state index >= 15 is 0 Å². The van der Waals surface area contributed by atoms with Gasteiger partial charge < -0.3 is 49.5 Å². The molecule has 2 aliphatic heterocycles. The number of nitrogens with zero attached hydrogens (tertiary/aromatic N) is 4. The molecule has 21 nitrogen and oxygen atoms in total.